The Kier molecular flexibility index (Phi) is 17.0. The van der Waals surface area contributed by atoms with E-state index in [0.29, 0.717) is 6.42 Å². The summed E-state index contributed by atoms with van der Waals surface area (Å²) in [5, 5.41) is 3.11. The van der Waals surface area contributed by atoms with Gasteiger partial charge in [-0.15, -0.1) is 0 Å². The minimum atomic E-state index is 0.224. The Balaban J connectivity index is 1.95. The molecule has 29 heavy (non-hydrogen) atoms. The van der Waals surface area contributed by atoms with Crippen molar-refractivity contribution in [3.63, 3.8) is 0 Å². The molecule has 0 radical (unpaired) electrons. The van der Waals surface area contributed by atoms with Gasteiger partial charge in [0.2, 0.25) is 5.91 Å². The molecule has 1 amide bonds. The van der Waals surface area contributed by atoms with Crippen LogP contribution in [0.3, 0.4) is 0 Å². The lowest BCUT2D eigenvalue weighted by atomic mass is 10.1. The Morgan fingerprint density at radius 1 is 0.828 bits per heavy atom. The van der Waals surface area contributed by atoms with Crippen LogP contribution >= 0.6 is 0 Å². The molecule has 4 heteroatoms. The Morgan fingerprint density at radius 3 is 2.00 bits per heavy atom. The van der Waals surface area contributed by atoms with Crippen LogP contribution in [-0.4, -0.2) is 42.8 Å². The zero-order valence-electron chi connectivity index (χ0n) is 19.7. The van der Waals surface area contributed by atoms with Crippen LogP contribution in [0.25, 0.3) is 0 Å². The highest BCUT2D eigenvalue weighted by molar-refractivity contribution is 5.83. The van der Waals surface area contributed by atoms with E-state index in [1.807, 2.05) is 0 Å². The number of carbonyl (C=O) groups excluding carboxylic acids is 1. The molecule has 4 nitrogen and oxygen atoms in total. The standard InChI is InChI=1S/C25H49N3O/c1-3-5-7-9-11-12-13-15-17-19-25(29)27-21-23-28-22-20-26-24(28)18-16-14-10-8-6-4-2/h3-23H2,1-2H3,(H,27,29). The Bertz CT molecular complexity index is 422. The summed E-state index contributed by atoms with van der Waals surface area (Å²) >= 11 is 0. The zero-order valence-corrected chi connectivity index (χ0v) is 19.7. The molecule has 0 aromatic carbocycles. The van der Waals surface area contributed by atoms with Crippen molar-refractivity contribution >= 4 is 11.7 Å². The van der Waals surface area contributed by atoms with Gasteiger partial charge in [-0.3, -0.25) is 9.79 Å². The van der Waals surface area contributed by atoms with Gasteiger partial charge in [-0.25, -0.2) is 0 Å². The first-order chi connectivity index (χ1) is 14.3. The first-order valence-electron chi connectivity index (χ1n) is 12.8. The monoisotopic (exact) mass is 407 g/mol. The highest BCUT2D eigenvalue weighted by Gasteiger charge is 2.16. The summed E-state index contributed by atoms with van der Waals surface area (Å²) in [6, 6.07) is 0. The maximum atomic E-state index is 12.0. The number of nitrogens with one attached hydrogen (secondary N) is 1. The van der Waals surface area contributed by atoms with Crippen molar-refractivity contribution in [3.8, 4) is 0 Å². The lowest BCUT2D eigenvalue weighted by Crippen LogP contribution is -2.36. The van der Waals surface area contributed by atoms with E-state index in [9.17, 15) is 4.79 Å². The molecule has 1 aliphatic heterocycles. The number of hydrogen-bond donors (Lipinski definition) is 1. The van der Waals surface area contributed by atoms with Gasteiger partial charge >= 0.3 is 0 Å². The van der Waals surface area contributed by atoms with Gasteiger partial charge < -0.3 is 10.2 Å². The van der Waals surface area contributed by atoms with Crippen LogP contribution in [0.15, 0.2) is 4.99 Å². The Hall–Kier alpha value is -1.06. The summed E-state index contributed by atoms with van der Waals surface area (Å²) in [6.45, 7) is 8.15. The van der Waals surface area contributed by atoms with E-state index in [-0.39, 0.29) is 5.91 Å². The highest BCUT2D eigenvalue weighted by atomic mass is 16.1. The van der Waals surface area contributed by atoms with Crippen LogP contribution in [0.5, 0.6) is 0 Å². The molecule has 0 spiro atoms. The largest absolute Gasteiger partial charge is 0.357 e. The average Bonchev–Trinajstić information content (AvgIpc) is 3.16. The van der Waals surface area contributed by atoms with Gasteiger partial charge in [-0.2, -0.15) is 0 Å². The summed E-state index contributed by atoms with van der Waals surface area (Å²) in [4.78, 5) is 19.1. The van der Waals surface area contributed by atoms with Gasteiger partial charge in [0.1, 0.15) is 0 Å². The molecule has 0 fully saturated rings. The number of nitrogens with zero attached hydrogens (tertiary/aromatic N) is 2. The van der Waals surface area contributed by atoms with Gasteiger partial charge in [0.25, 0.3) is 0 Å². The second-order valence-corrected chi connectivity index (χ2v) is 8.73. The number of rotatable bonds is 20. The van der Waals surface area contributed by atoms with Crippen molar-refractivity contribution in [2.45, 2.75) is 123 Å². The number of carbonyl (C=O) groups is 1. The van der Waals surface area contributed by atoms with Crippen LogP contribution in [0.4, 0.5) is 0 Å². The van der Waals surface area contributed by atoms with Gasteiger partial charge in [-0.1, -0.05) is 97.3 Å². The lowest BCUT2D eigenvalue weighted by Gasteiger charge is -2.20. The van der Waals surface area contributed by atoms with Crippen molar-refractivity contribution in [2.24, 2.45) is 4.99 Å². The number of aliphatic imine (C=N–C) groups is 1. The number of amides is 1. The second kappa shape index (κ2) is 18.9. The van der Waals surface area contributed by atoms with Crippen LogP contribution in [0.1, 0.15) is 123 Å². The van der Waals surface area contributed by atoms with E-state index in [2.05, 4.69) is 29.1 Å². The van der Waals surface area contributed by atoms with Crippen molar-refractivity contribution in [3.05, 3.63) is 0 Å². The van der Waals surface area contributed by atoms with Crippen LogP contribution < -0.4 is 5.32 Å². The maximum absolute atomic E-state index is 12.0. The SMILES string of the molecule is CCCCCCCCCCCC(=O)NCCN1CCN=C1CCCCCCCC. The molecule has 0 bridgehead atoms. The minimum Gasteiger partial charge on any atom is -0.357 e. The molecule has 0 atom stereocenters. The number of hydrogen-bond acceptors (Lipinski definition) is 3. The molecule has 0 saturated carbocycles. The van der Waals surface area contributed by atoms with Crippen molar-refractivity contribution in [1.29, 1.82) is 0 Å². The predicted octanol–water partition coefficient (Wildman–Crippen LogP) is 6.49. The molecule has 170 valence electrons. The first-order valence-corrected chi connectivity index (χ1v) is 12.8. The van der Waals surface area contributed by atoms with E-state index in [0.717, 1.165) is 39.0 Å². The summed E-state index contributed by atoms with van der Waals surface area (Å²) < 4.78 is 0. The zero-order chi connectivity index (χ0) is 21.0. The molecule has 0 unspecified atom stereocenters. The summed E-state index contributed by atoms with van der Waals surface area (Å²) in [5.74, 6) is 1.50. The Morgan fingerprint density at radius 2 is 1.38 bits per heavy atom. The van der Waals surface area contributed by atoms with Crippen LogP contribution in [-0.2, 0) is 4.79 Å². The number of unbranched alkanes of at least 4 members (excludes halogenated alkanes) is 13. The molecule has 1 N–H and O–H groups in total. The third-order valence-electron chi connectivity index (χ3n) is 5.99. The predicted molar refractivity (Wildman–Crippen MR) is 127 cm³/mol. The van der Waals surface area contributed by atoms with Gasteiger partial charge in [0, 0.05) is 32.5 Å². The summed E-state index contributed by atoms with van der Waals surface area (Å²) in [6.07, 6.45) is 21.5. The minimum absolute atomic E-state index is 0.224. The molecule has 0 aromatic rings. The van der Waals surface area contributed by atoms with Crippen LogP contribution in [0, 0.1) is 0 Å². The summed E-state index contributed by atoms with van der Waals surface area (Å²) in [7, 11) is 0. The molecule has 0 aromatic heterocycles. The third kappa shape index (κ3) is 14.5. The fraction of sp³-hybridized carbons (Fsp3) is 0.920. The van der Waals surface area contributed by atoms with E-state index in [1.54, 1.807) is 0 Å². The van der Waals surface area contributed by atoms with E-state index in [1.165, 1.54) is 95.7 Å². The average molecular weight is 408 g/mol. The molecule has 0 aliphatic carbocycles. The molecular formula is C25H49N3O. The smallest absolute Gasteiger partial charge is 0.220 e. The molecule has 1 heterocycles. The van der Waals surface area contributed by atoms with Gasteiger partial charge in [-0.05, 0) is 12.8 Å². The molecule has 1 rings (SSSR count). The number of amidine groups is 1. The molecular weight excluding hydrogens is 358 g/mol. The quantitative estimate of drug-likeness (QED) is 0.234. The molecule has 1 aliphatic rings. The van der Waals surface area contributed by atoms with E-state index in [4.69, 9.17) is 0 Å². The second-order valence-electron chi connectivity index (χ2n) is 8.73. The van der Waals surface area contributed by atoms with E-state index >= 15 is 0 Å². The van der Waals surface area contributed by atoms with E-state index < -0.39 is 0 Å². The third-order valence-corrected chi connectivity index (χ3v) is 5.99. The van der Waals surface area contributed by atoms with Crippen molar-refractivity contribution in [1.82, 2.24) is 10.2 Å². The lowest BCUT2D eigenvalue weighted by molar-refractivity contribution is -0.121. The van der Waals surface area contributed by atoms with Crippen molar-refractivity contribution in [2.75, 3.05) is 26.2 Å². The normalized spacial score (nSPS) is 13.7. The topological polar surface area (TPSA) is 44.7 Å². The Labute approximate surface area is 181 Å². The summed E-state index contributed by atoms with van der Waals surface area (Å²) in [5.41, 5.74) is 0. The maximum Gasteiger partial charge on any atom is 0.220 e. The fourth-order valence-corrected chi connectivity index (χ4v) is 4.09. The highest BCUT2D eigenvalue weighted by Crippen LogP contribution is 2.12. The first kappa shape index (κ1) is 26.0. The van der Waals surface area contributed by atoms with Crippen molar-refractivity contribution < 1.29 is 4.79 Å². The van der Waals surface area contributed by atoms with Crippen LogP contribution in [0.2, 0.25) is 0 Å². The fourth-order valence-electron chi connectivity index (χ4n) is 4.09. The van der Waals surface area contributed by atoms with Gasteiger partial charge in [0.05, 0.1) is 12.4 Å². The molecule has 0 saturated heterocycles. The van der Waals surface area contributed by atoms with Gasteiger partial charge in [0.15, 0.2) is 0 Å².